The van der Waals surface area contributed by atoms with Gasteiger partial charge in [-0.25, -0.2) is 9.97 Å². The van der Waals surface area contributed by atoms with Crippen molar-refractivity contribution in [3.8, 4) is 0 Å². The molecule has 7 heteroatoms. The first-order valence-electron chi connectivity index (χ1n) is 8.42. The summed E-state index contributed by atoms with van der Waals surface area (Å²) in [4.78, 5) is 33.4. The van der Waals surface area contributed by atoms with Gasteiger partial charge < -0.3 is 5.32 Å². The van der Waals surface area contributed by atoms with E-state index in [1.807, 2.05) is 44.2 Å². The van der Waals surface area contributed by atoms with Crippen LogP contribution >= 0.6 is 11.8 Å². The quantitative estimate of drug-likeness (QED) is 0.535. The summed E-state index contributed by atoms with van der Waals surface area (Å²) in [6.45, 7) is 4.31. The largest absolute Gasteiger partial charge is 0.349 e. The molecule has 6 nitrogen and oxygen atoms in total. The van der Waals surface area contributed by atoms with Crippen molar-refractivity contribution < 1.29 is 4.79 Å². The van der Waals surface area contributed by atoms with Crippen LogP contribution in [0.25, 0.3) is 11.0 Å². The molecule has 0 aliphatic rings. The zero-order valence-corrected chi connectivity index (χ0v) is 15.5. The van der Waals surface area contributed by atoms with Gasteiger partial charge in [-0.15, -0.1) is 0 Å². The number of pyridine rings is 1. The summed E-state index contributed by atoms with van der Waals surface area (Å²) in [5.41, 5.74) is 1.32. The molecule has 3 aromatic rings. The summed E-state index contributed by atoms with van der Waals surface area (Å²) in [7, 11) is 0. The van der Waals surface area contributed by atoms with E-state index < -0.39 is 0 Å². The lowest BCUT2D eigenvalue weighted by Crippen LogP contribution is -2.29. The summed E-state index contributed by atoms with van der Waals surface area (Å²) < 4.78 is 1.57. The Balaban J connectivity index is 1.73. The Kier molecular flexibility index (Phi) is 5.68. The second-order valence-corrected chi connectivity index (χ2v) is 6.75. The molecule has 2 aromatic heterocycles. The SMILES string of the molecule is CCn1c(SCC(=O)NC(C)c2ccccc2)nc2ncccc2c1=O. The standard InChI is InChI=1S/C19H20N4O2S/c1-3-23-18(25)15-10-7-11-20-17(15)22-19(23)26-12-16(24)21-13(2)14-8-5-4-6-9-14/h4-11,13H,3,12H2,1-2H3,(H,21,24). The lowest BCUT2D eigenvalue weighted by Gasteiger charge is -2.15. The van der Waals surface area contributed by atoms with Gasteiger partial charge in [0.2, 0.25) is 5.91 Å². The minimum absolute atomic E-state index is 0.0797. The van der Waals surface area contributed by atoms with Gasteiger partial charge in [0.05, 0.1) is 17.2 Å². The summed E-state index contributed by atoms with van der Waals surface area (Å²) in [5, 5.41) is 3.96. The molecular formula is C19H20N4O2S. The van der Waals surface area contributed by atoms with E-state index in [1.165, 1.54) is 11.8 Å². The van der Waals surface area contributed by atoms with Crippen molar-refractivity contribution in [3.05, 3.63) is 64.6 Å². The Morgan fingerprint density at radius 2 is 2.00 bits per heavy atom. The van der Waals surface area contributed by atoms with Gasteiger partial charge in [-0.05, 0) is 31.5 Å². The first-order chi connectivity index (χ1) is 12.6. The van der Waals surface area contributed by atoms with Crippen molar-refractivity contribution >= 4 is 28.7 Å². The van der Waals surface area contributed by atoms with Crippen LogP contribution in [0.3, 0.4) is 0 Å². The molecule has 0 radical (unpaired) electrons. The van der Waals surface area contributed by atoms with Gasteiger partial charge in [0, 0.05) is 12.7 Å². The number of nitrogens with one attached hydrogen (secondary N) is 1. The van der Waals surface area contributed by atoms with Crippen molar-refractivity contribution in [3.63, 3.8) is 0 Å². The fourth-order valence-electron chi connectivity index (χ4n) is 2.66. The number of amides is 1. The number of nitrogens with zero attached hydrogens (tertiary/aromatic N) is 3. The van der Waals surface area contributed by atoms with Crippen molar-refractivity contribution in [1.82, 2.24) is 19.9 Å². The topological polar surface area (TPSA) is 76.9 Å². The average molecular weight is 368 g/mol. The van der Waals surface area contributed by atoms with Gasteiger partial charge in [0.1, 0.15) is 0 Å². The second-order valence-electron chi connectivity index (χ2n) is 5.81. The minimum Gasteiger partial charge on any atom is -0.349 e. The van der Waals surface area contributed by atoms with Gasteiger partial charge in [0.25, 0.3) is 5.56 Å². The van der Waals surface area contributed by atoms with Gasteiger partial charge in [-0.3, -0.25) is 14.2 Å². The zero-order chi connectivity index (χ0) is 18.5. The number of rotatable bonds is 6. The first-order valence-corrected chi connectivity index (χ1v) is 9.41. The molecule has 0 aliphatic heterocycles. The number of thioether (sulfide) groups is 1. The predicted molar refractivity (Wildman–Crippen MR) is 103 cm³/mol. The number of hydrogen-bond acceptors (Lipinski definition) is 5. The van der Waals surface area contributed by atoms with Crippen LogP contribution in [-0.2, 0) is 11.3 Å². The number of fused-ring (bicyclic) bond motifs is 1. The molecule has 1 amide bonds. The van der Waals surface area contributed by atoms with Crippen molar-refractivity contribution in [2.24, 2.45) is 0 Å². The maximum atomic E-state index is 12.6. The Morgan fingerprint density at radius 1 is 1.23 bits per heavy atom. The van der Waals surface area contributed by atoms with E-state index in [2.05, 4.69) is 15.3 Å². The van der Waals surface area contributed by atoms with Gasteiger partial charge in [-0.2, -0.15) is 0 Å². The molecule has 26 heavy (non-hydrogen) atoms. The zero-order valence-electron chi connectivity index (χ0n) is 14.7. The molecule has 0 spiro atoms. The van der Waals surface area contributed by atoms with Crippen LogP contribution in [0.5, 0.6) is 0 Å². The van der Waals surface area contributed by atoms with Crippen LogP contribution in [0.4, 0.5) is 0 Å². The number of carbonyl (C=O) groups excluding carboxylic acids is 1. The summed E-state index contributed by atoms with van der Waals surface area (Å²) in [6, 6.07) is 13.1. The summed E-state index contributed by atoms with van der Waals surface area (Å²) in [5.74, 6) is 0.0754. The van der Waals surface area contributed by atoms with Gasteiger partial charge in [0.15, 0.2) is 10.8 Å². The third-order valence-corrected chi connectivity index (χ3v) is 5.00. The van der Waals surface area contributed by atoms with E-state index in [0.717, 1.165) is 5.56 Å². The molecule has 1 atom stereocenters. The molecule has 1 N–H and O–H groups in total. The molecule has 1 unspecified atom stereocenters. The van der Waals surface area contributed by atoms with E-state index in [9.17, 15) is 9.59 Å². The molecule has 1 aromatic carbocycles. The maximum absolute atomic E-state index is 12.6. The predicted octanol–water partition coefficient (Wildman–Crippen LogP) is 2.78. The fourth-order valence-corrected chi connectivity index (χ4v) is 3.53. The average Bonchev–Trinajstić information content (AvgIpc) is 2.67. The third kappa shape index (κ3) is 3.94. The van der Waals surface area contributed by atoms with Crippen molar-refractivity contribution in [1.29, 1.82) is 0 Å². The van der Waals surface area contributed by atoms with Crippen LogP contribution in [0.2, 0.25) is 0 Å². The minimum atomic E-state index is -0.133. The van der Waals surface area contributed by atoms with E-state index in [1.54, 1.807) is 22.9 Å². The first kappa shape index (κ1) is 18.1. The highest BCUT2D eigenvalue weighted by atomic mass is 32.2. The molecule has 0 saturated heterocycles. The molecule has 2 heterocycles. The summed E-state index contributed by atoms with van der Waals surface area (Å²) >= 11 is 1.25. The van der Waals surface area contributed by atoms with Crippen molar-refractivity contribution in [2.45, 2.75) is 31.6 Å². The Bertz CT molecular complexity index is 972. The Morgan fingerprint density at radius 3 is 2.73 bits per heavy atom. The molecule has 0 fully saturated rings. The Hall–Kier alpha value is -2.67. The fraction of sp³-hybridized carbons (Fsp3) is 0.263. The highest BCUT2D eigenvalue weighted by molar-refractivity contribution is 7.99. The summed E-state index contributed by atoms with van der Waals surface area (Å²) in [6.07, 6.45) is 1.60. The lowest BCUT2D eigenvalue weighted by molar-refractivity contribution is -0.119. The number of benzene rings is 1. The molecule has 0 bridgehead atoms. The second kappa shape index (κ2) is 8.14. The molecule has 0 saturated carbocycles. The Labute approximate surface area is 155 Å². The van der Waals surface area contributed by atoms with Gasteiger partial charge in [-0.1, -0.05) is 42.1 Å². The normalized spacial score (nSPS) is 12.1. The highest BCUT2D eigenvalue weighted by Crippen LogP contribution is 2.17. The number of carbonyl (C=O) groups is 1. The van der Waals surface area contributed by atoms with E-state index in [-0.39, 0.29) is 23.3 Å². The van der Waals surface area contributed by atoms with E-state index >= 15 is 0 Å². The highest BCUT2D eigenvalue weighted by Gasteiger charge is 2.14. The van der Waals surface area contributed by atoms with E-state index in [4.69, 9.17) is 0 Å². The lowest BCUT2D eigenvalue weighted by atomic mass is 10.1. The van der Waals surface area contributed by atoms with Crippen LogP contribution in [-0.4, -0.2) is 26.2 Å². The maximum Gasteiger partial charge on any atom is 0.263 e. The van der Waals surface area contributed by atoms with Crippen molar-refractivity contribution in [2.75, 3.05) is 5.75 Å². The number of hydrogen-bond donors (Lipinski definition) is 1. The van der Waals surface area contributed by atoms with Crippen LogP contribution in [0.15, 0.2) is 58.6 Å². The van der Waals surface area contributed by atoms with Crippen LogP contribution in [0, 0.1) is 0 Å². The molecule has 134 valence electrons. The van der Waals surface area contributed by atoms with Crippen LogP contribution < -0.4 is 10.9 Å². The smallest absolute Gasteiger partial charge is 0.263 e. The van der Waals surface area contributed by atoms with E-state index in [0.29, 0.717) is 22.7 Å². The van der Waals surface area contributed by atoms with Gasteiger partial charge >= 0.3 is 0 Å². The van der Waals surface area contributed by atoms with Crippen LogP contribution in [0.1, 0.15) is 25.5 Å². The molecule has 3 rings (SSSR count). The monoisotopic (exact) mass is 368 g/mol. The third-order valence-electron chi connectivity index (χ3n) is 4.02. The molecule has 0 aliphatic carbocycles. The molecular weight excluding hydrogens is 348 g/mol. The number of aromatic nitrogens is 3.